The Hall–Kier alpha value is -2.71. The van der Waals surface area contributed by atoms with E-state index in [0.717, 1.165) is 0 Å². The van der Waals surface area contributed by atoms with Gasteiger partial charge in [-0.3, -0.25) is 0 Å². The number of alkyl halides is 3. The molecule has 0 saturated carbocycles. The monoisotopic (exact) mass is 427 g/mol. The van der Waals surface area contributed by atoms with Gasteiger partial charge in [0.15, 0.2) is 0 Å². The van der Waals surface area contributed by atoms with Crippen molar-refractivity contribution < 1.29 is 13.2 Å². The van der Waals surface area contributed by atoms with E-state index in [1.54, 1.807) is 36.4 Å². The molecule has 4 N–H and O–H groups in total. The molecule has 3 rings (SSSR count). The van der Waals surface area contributed by atoms with Crippen molar-refractivity contribution in [3.63, 3.8) is 0 Å². The van der Waals surface area contributed by atoms with E-state index in [0.29, 0.717) is 33.2 Å². The third kappa shape index (κ3) is 4.96. The summed E-state index contributed by atoms with van der Waals surface area (Å²) in [6, 6.07) is 11.5. The Bertz CT molecular complexity index is 995. The fourth-order valence-corrected chi connectivity index (χ4v) is 2.67. The van der Waals surface area contributed by atoms with E-state index < -0.39 is 11.7 Å². The second kappa shape index (κ2) is 8.12. The molecule has 28 heavy (non-hydrogen) atoms. The van der Waals surface area contributed by atoms with Crippen molar-refractivity contribution >= 4 is 46.3 Å². The molecule has 0 radical (unpaired) electrons. The van der Waals surface area contributed by atoms with Crippen LogP contribution in [0.3, 0.4) is 0 Å². The number of nitrogens with two attached hydrogens (primary N) is 1. The number of aromatic nitrogens is 2. The lowest BCUT2D eigenvalue weighted by molar-refractivity contribution is -0.137. The molecule has 146 valence electrons. The minimum atomic E-state index is -4.61. The van der Waals surface area contributed by atoms with Crippen molar-refractivity contribution in [2.24, 2.45) is 0 Å². The van der Waals surface area contributed by atoms with Gasteiger partial charge >= 0.3 is 6.18 Å². The molecule has 5 nitrogen and oxygen atoms in total. The maximum atomic E-state index is 13.3. The van der Waals surface area contributed by atoms with E-state index in [4.69, 9.17) is 28.9 Å². The van der Waals surface area contributed by atoms with Crippen LogP contribution < -0.4 is 16.4 Å². The standard InChI is InChI=1S/C18H14Cl2F3N5/c19-14-5-4-12(7-15(14)20)27-17-26-9-13(18(21,22)23)16(28-17)25-8-10-2-1-3-11(24)6-10/h1-7,9H,8,24H2,(H2,25,26,27,28). The van der Waals surface area contributed by atoms with Crippen LogP contribution in [0.1, 0.15) is 11.1 Å². The molecule has 2 aromatic carbocycles. The van der Waals surface area contributed by atoms with Gasteiger partial charge in [-0.25, -0.2) is 4.98 Å². The molecule has 3 aromatic rings. The van der Waals surface area contributed by atoms with Crippen LogP contribution in [-0.2, 0) is 12.7 Å². The molecule has 0 saturated heterocycles. The van der Waals surface area contributed by atoms with Gasteiger partial charge in [-0.05, 0) is 35.9 Å². The van der Waals surface area contributed by atoms with Crippen LogP contribution in [0.25, 0.3) is 0 Å². The van der Waals surface area contributed by atoms with Gasteiger partial charge in [0.05, 0.1) is 10.0 Å². The van der Waals surface area contributed by atoms with Crippen LogP contribution in [0.5, 0.6) is 0 Å². The summed E-state index contributed by atoms with van der Waals surface area (Å²) in [5, 5.41) is 6.14. The van der Waals surface area contributed by atoms with Crippen molar-refractivity contribution in [2.75, 3.05) is 16.4 Å². The van der Waals surface area contributed by atoms with Crippen LogP contribution >= 0.6 is 23.2 Å². The Morgan fingerprint density at radius 2 is 1.82 bits per heavy atom. The number of halogens is 5. The lowest BCUT2D eigenvalue weighted by Crippen LogP contribution is -2.14. The predicted octanol–water partition coefficient (Wildman–Crippen LogP) is 5.74. The zero-order chi connectivity index (χ0) is 20.3. The SMILES string of the molecule is Nc1cccc(CNc2nc(Nc3ccc(Cl)c(Cl)c3)ncc2C(F)(F)F)c1. The van der Waals surface area contributed by atoms with E-state index >= 15 is 0 Å². The second-order valence-electron chi connectivity index (χ2n) is 5.81. The Morgan fingerprint density at radius 1 is 1.04 bits per heavy atom. The van der Waals surface area contributed by atoms with Gasteiger partial charge in [-0.2, -0.15) is 18.2 Å². The van der Waals surface area contributed by atoms with Crippen molar-refractivity contribution in [3.05, 3.63) is 69.8 Å². The molecular weight excluding hydrogens is 414 g/mol. The number of nitrogens with one attached hydrogen (secondary N) is 2. The van der Waals surface area contributed by atoms with Gasteiger partial charge in [0.25, 0.3) is 0 Å². The van der Waals surface area contributed by atoms with E-state index in [-0.39, 0.29) is 18.3 Å². The minimum absolute atomic E-state index is 0.0264. The average Bonchev–Trinajstić information content (AvgIpc) is 2.62. The first kappa shape index (κ1) is 20.0. The molecule has 0 fully saturated rings. The highest BCUT2D eigenvalue weighted by Gasteiger charge is 2.35. The molecule has 0 aliphatic heterocycles. The zero-order valence-electron chi connectivity index (χ0n) is 14.2. The number of hydrogen-bond donors (Lipinski definition) is 3. The van der Waals surface area contributed by atoms with E-state index in [1.165, 1.54) is 6.07 Å². The number of benzene rings is 2. The van der Waals surface area contributed by atoms with Gasteiger partial charge in [0.1, 0.15) is 11.4 Å². The van der Waals surface area contributed by atoms with E-state index in [9.17, 15) is 13.2 Å². The number of nitrogens with zero attached hydrogens (tertiary/aromatic N) is 2. The maximum Gasteiger partial charge on any atom is 0.421 e. The van der Waals surface area contributed by atoms with E-state index in [2.05, 4.69) is 20.6 Å². The summed E-state index contributed by atoms with van der Waals surface area (Å²) < 4.78 is 39.9. The molecule has 0 aliphatic rings. The highest BCUT2D eigenvalue weighted by Crippen LogP contribution is 2.34. The van der Waals surface area contributed by atoms with Crippen molar-refractivity contribution in [1.82, 2.24) is 9.97 Å². The Labute approximate surface area is 168 Å². The summed E-state index contributed by atoms with van der Waals surface area (Å²) in [6.07, 6.45) is -3.89. The summed E-state index contributed by atoms with van der Waals surface area (Å²) in [5.74, 6) is -0.381. The summed E-state index contributed by atoms with van der Waals surface area (Å²) in [7, 11) is 0. The lowest BCUT2D eigenvalue weighted by Gasteiger charge is -2.15. The molecule has 0 atom stereocenters. The molecule has 0 amide bonds. The fourth-order valence-electron chi connectivity index (χ4n) is 2.38. The Balaban J connectivity index is 1.87. The average molecular weight is 428 g/mol. The van der Waals surface area contributed by atoms with Crippen molar-refractivity contribution in [1.29, 1.82) is 0 Å². The largest absolute Gasteiger partial charge is 0.421 e. The Kier molecular flexibility index (Phi) is 5.81. The number of hydrogen-bond acceptors (Lipinski definition) is 5. The van der Waals surface area contributed by atoms with Crippen LogP contribution in [0.4, 0.5) is 36.3 Å². The third-order valence-electron chi connectivity index (χ3n) is 3.68. The van der Waals surface area contributed by atoms with Gasteiger partial charge in [-0.15, -0.1) is 0 Å². The smallest absolute Gasteiger partial charge is 0.399 e. The fraction of sp³-hybridized carbons (Fsp3) is 0.111. The molecule has 1 aromatic heterocycles. The molecular formula is C18H14Cl2F3N5. The first-order valence-corrected chi connectivity index (χ1v) is 8.72. The number of rotatable bonds is 5. The summed E-state index contributed by atoms with van der Waals surface area (Å²) in [4.78, 5) is 7.71. The van der Waals surface area contributed by atoms with Crippen LogP contribution in [0, 0.1) is 0 Å². The quantitative estimate of drug-likeness (QED) is 0.452. The number of nitrogen functional groups attached to an aromatic ring is 1. The topological polar surface area (TPSA) is 75.9 Å². The summed E-state index contributed by atoms with van der Waals surface area (Å²) in [6.45, 7) is 0.108. The highest BCUT2D eigenvalue weighted by atomic mass is 35.5. The van der Waals surface area contributed by atoms with Crippen molar-refractivity contribution in [2.45, 2.75) is 12.7 Å². The number of anilines is 4. The first-order valence-electron chi connectivity index (χ1n) is 7.97. The molecule has 0 spiro atoms. The van der Waals surface area contributed by atoms with E-state index in [1.807, 2.05) is 0 Å². The van der Waals surface area contributed by atoms with Gasteiger partial charge < -0.3 is 16.4 Å². The lowest BCUT2D eigenvalue weighted by atomic mass is 10.2. The maximum absolute atomic E-state index is 13.3. The molecule has 1 heterocycles. The molecule has 10 heteroatoms. The van der Waals surface area contributed by atoms with Gasteiger partial charge in [-0.1, -0.05) is 35.3 Å². The molecule has 0 unspecified atom stereocenters. The predicted molar refractivity (Wildman–Crippen MR) is 105 cm³/mol. The summed E-state index contributed by atoms with van der Waals surface area (Å²) in [5.41, 5.74) is 6.43. The van der Waals surface area contributed by atoms with Crippen LogP contribution in [-0.4, -0.2) is 9.97 Å². The molecule has 0 bridgehead atoms. The zero-order valence-corrected chi connectivity index (χ0v) is 15.7. The third-order valence-corrected chi connectivity index (χ3v) is 4.42. The highest BCUT2D eigenvalue weighted by molar-refractivity contribution is 6.42. The molecule has 0 aliphatic carbocycles. The van der Waals surface area contributed by atoms with Crippen LogP contribution in [0.15, 0.2) is 48.7 Å². The Morgan fingerprint density at radius 3 is 2.50 bits per heavy atom. The minimum Gasteiger partial charge on any atom is -0.399 e. The van der Waals surface area contributed by atoms with Gasteiger partial charge in [0.2, 0.25) is 5.95 Å². The van der Waals surface area contributed by atoms with Gasteiger partial charge in [0, 0.05) is 24.1 Å². The first-order chi connectivity index (χ1) is 13.2. The van der Waals surface area contributed by atoms with Crippen LogP contribution in [0.2, 0.25) is 10.0 Å². The second-order valence-corrected chi connectivity index (χ2v) is 6.62. The van der Waals surface area contributed by atoms with Crippen molar-refractivity contribution in [3.8, 4) is 0 Å². The normalized spacial score (nSPS) is 11.3. The summed E-state index contributed by atoms with van der Waals surface area (Å²) >= 11 is 11.8.